The number of rotatable bonds is 2. The Morgan fingerprint density at radius 2 is 1.88 bits per heavy atom. The van der Waals surface area contributed by atoms with Gasteiger partial charge in [-0.3, -0.25) is 4.31 Å². The Hall–Kier alpha value is -2.34. The van der Waals surface area contributed by atoms with E-state index in [4.69, 9.17) is 0 Å². The van der Waals surface area contributed by atoms with Crippen LogP contribution in [0.4, 0.5) is 10.1 Å². The van der Waals surface area contributed by atoms with Crippen molar-refractivity contribution in [1.29, 1.82) is 0 Å². The van der Waals surface area contributed by atoms with Crippen molar-refractivity contribution >= 4 is 26.6 Å². The first-order valence-electron chi connectivity index (χ1n) is 7.84. The Morgan fingerprint density at radius 1 is 1.08 bits per heavy atom. The van der Waals surface area contributed by atoms with Gasteiger partial charge in [-0.2, -0.15) is 0 Å². The van der Waals surface area contributed by atoms with E-state index < -0.39 is 10.0 Å². The van der Waals surface area contributed by atoms with Gasteiger partial charge in [-0.25, -0.2) is 12.8 Å². The molecule has 0 atom stereocenters. The predicted molar refractivity (Wildman–Crippen MR) is 93.7 cm³/mol. The van der Waals surface area contributed by atoms with Crippen molar-refractivity contribution < 1.29 is 12.8 Å². The molecule has 0 radical (unpaired) electrons. The molecule has 4 nitrogen and oxygen atoms in total. The van der Waals surface area contributed by atoms with Crippen LogP contribution < -0.4 is 4.31 Å². The molecule has 1 aromatic heterocycles. The van der Waals surface area contributed by atoms with Crippen molar-refractivity contribution in [2.75, 3.05) is 16.6 Å². The molecular formula is C18H17FN2O2S. The summed E-state index contributed by atoms with van der Waals surface area (Å²) in [6, 6.07) is 12.3. The second-order valence-corrected chi connectivity index (χ2v) is 8.09. The number of anilines is 1. The highest BCUT2D eigenvalue weighted by atomic mass is 32.2. The van der Waals surface area contributed by atoms with Crippen molar-refractivity contribution in [2.45, 2.75) is 13.3 Å². The maximum absolute atomic E-state index is 14.0. The number of halogens is 1. The Labute approximate surface area is 140 Å². The first-order chi connectivity index (χ1) is 11.5. The fourth-order valence-corrected chi connectivity index (χ4v) is 4.89. The highest BCUT2D eigenvalue weighted by Crippen LogP contribution is 2.29. The second kappa shape index (κ2) is 5.34. The molecule has 3 aromatic rings. The third kappa shape index (κ3) is 2.29. The average Bonchev–Trinajstić information content (AvgIpc) is 3.15. The van der Waals surface area contributed by atoms with Crippen LogP contribution in [0.2, 0.25) is 0 Å². The van der Waals surface area contributed by atoms with E-state index in [1.165, 1.54) is 10.4 Å². The lowest BCUT2D eigenvalue weighted by Gasteiger charge is -2.18. The van der Waals surface area contributed by atoms with Crippen LogP contribution in [-0.2, 0) is 10.0 Å². The van der Waals surface area contributed by atoms with Crippen LogP contribution in [0.3, 0.4) is 0 Å². The van der Waals surface area contributed by atoms with Crippen LogP contribution in [0.5, 0.6) is 0 Å². The number of aryl methyl sites for hydroxylation is 1. The molecule has 1 fully saturated rings. The minimum Gasteiger partial charge on any atom is -0.316 e. The summed E-state index contributed by atoms with van der Waals surface area (Å²) in [5, 5.41) is 0.564. The van der Waals surface area contributed by atoms with Gasteiger partial charge >= 0.3 is 0 Å². The zero-order chi connectivity index (χ0) is 16.9. The van der Waals surface area contributed by atoms with Gasteiger partial charge in [-0.1, -0.05) is 12.1 Å². The lowest BCUT2D eigenvalue weighted by Crippen LogP contribution is -2.25. The summed E-state index contributed by atoms with van der Waals surface area (Å²) in [6.45, 7) is 2.44. The zero-order valence-electron chi connectivity index (χ0n) is 13.2. The number of sulfonamides is 1. The van der Waals surface area contributed by atoms with Crippen molar-refractivity contribution in [3.05, 3.63) is 60.0 Å². The molecule has 2 heterocycles. The van der Waals surface area contributed by atoms with E-state index in [0.29, 0.717) is 24.0 Å². The quantitative estimate of drug-likeness (QED) is 0.713. The van der Waals surface area contributed by atoms with Gasteiger partial charge in [0.1, 0.15) is 5.82 Å². The number of hydrogen-bond acceptors (Lipinski definition) is 2. The molecule has 1 aliphatic heterocycles. The molecule has 1 aliphatic rings. The largest absolute Gasteiger partial charge is 0.316 e. The summed E-state index contributed by atoms with van der Waals surface area (Å²) < 4.78 is 41.7. The van der Waals surface area contributed by atoms with Crippen LogP contribution >= 0.6 is 0 Å². The molecule has 0 spiro atoms. The van der Waals surface area contributed by atoms with Gasteiger partial charge in [-0.05, 0) is 49.2 Å². The van der Waals surface area contributed by atoms with Crippen LogP contribution in [0.1, 0.15) is 12.0 Å². The molecule has 2 aromatic carbocycles. The summed E-state index contributed by atoms with van der Waals surface area (Å²) in [5.41, 5.74) is 3.24. The Balaban J connectivity index is 1.87. The van der Waals surface area contributed by atoms with E-state index >= 15 is 0 Å². The SMILES string of the molecule is Cc1ccc(F)c2ccn(-c3cccc(N4CCCS4(=O)=O)c3)c12. The summed E-state index contributed by atoms with van der Waals surface area (Å²) >= 11 is 0. The van der Waals surface area contributed by atoms with Crippen LogP contribution in [0.15, 0.2) is 48.7 Å². The average molecular weight is 344 g/mol. The van der Waals surface area contributed by atoms with Crippen molar-refractivity contribution in [2.24, 2.45) is 0 Å². The van der Waals surface area contributed by atoms with Crippen LogP contribution in [0, 0.1) is 12.7 Å². The molecule has 6 heteroatoms. The van der Waals surface area contributed by atoms with Crippen LogP contribution in [-0.4, -0.2) is 25.3 Å². The Kier molecular flexibility index (Phi) is 3.38. The second-order valence-electron chi connectivity index (χ2n) is 6.07. The van der Waals surface area contributed by atoms with Gasteiger partial charge in [0.15, 0.2) is 0 Å². The van der Waals surface area contributed by atoms with E-state index in [1.54, 1.807) is 18.2 Å². The zero-order valence-corrected chi connectivity index (χ0v) is 14.1. The van der Waals surface area contributed by atoms with Crippen LogP contribution in [0.25, 0.3) is 16.6 Å². The molecule has 0 N–H and O–H groups in total. The number of hydrogen-bond donors (Lipinski definition) is 0. The van der Waals surface area contributed by atoms with Gasteiger partial charge in [0.25, 0.3) is 0 Å². The number of fused-ring (bicyclic) bond motifs is 1. The smallest absolute Gasteiger partial charge is 0.235 e. The van der Waals surface area contributed by atoms with Crippen molar-refractivity contribution in [1.82, 2.24) is 4.57 Å². The van der Waals surface area contributed by atoms with E-state index in [-0.39, 0.29) is 11.6 Å². The minimum atomic E-state index is -3.22. The molecule has 0 amide bonds. The van der Waals surface area contributed by atoms with Crippen molar-refractivity contribution in [3.8, 4) is 5.69 Å². The third-order valence-electron chi connectivity index (χ3n) is 4.49. The fraction of sp³-hybridized carbons (Fsp3) is 0.222. The van der Waals surface area contributed by atoms with E-state index in [9.17, 15) is 12.8 Å². The fourth-order valence-electron chi connectivity index (χ4n) is 3.34. The predicted octanol–water partition coefficient (Wildman–Crippen LogP) is 3.62. The molecule has 4 rings (SSSR count). The molecule has 0 saturated carbocycles. The first kappa shape index (κ1) is 15.2. The maximum atomic E-state index is 14.0. The lowest BCUT2D eigenvalue weighted by molar-refractivity contribution is 0.599. The maximum Gasteiger partial charge on any atom is 0.235 e. The van der Waals surface area contributed by atoms with E-state index in [0.717, 1.165) is 16.8 Å². The Morgan fingerprint density at radius 3 is 2.62 bits per heavy atom. The first-order valence-corrected chi connectivity index (χ1v) is 9.45. The normalized spacial score (nSPS) is 16.8. The Bertz CT molecular complexity index is 1040. The van der Waals surface area contributed by atoms with Gasteiger partial charge in [0.2, 0.25) is 10.0 Å². The highest BCUT2D eigenvalue weighted by molar-refractivity contribution is 7.93. The lowest BCUT2D eigenvalue weighted by atomic mass is 10.1. The molecule has 1 saturated heterocycles. The van der Waals surface area contributed by atoms with Gasteiger partial charge in [-0.15, -0.1) is 0 Å². The number of nitrogens with zero attached hydrogens (tertiary/aromatic N) is 2. The molecule has 24 heavy (non-hydrogen) atoms. The third-order valence-corrected chi connectivity index (χ3v) is 6.36. The summed E-state index contributed by atoms with van der Waals surface area (Å²) in [7, 11) is -3.22. The van der Waals surface area contributed by atoms with E-state index in [2.05, 4.69) is 0 Å². The number of aromatic nitrogens is 1. The van der Waals surface area contributed by atoms with Gasteiger partial charge in [0, 0.05) is 23.8 Å². The standard InChI is InChI=1S/C18H17FN2O2S/c1-13-6-7-17(19)16-8-10-20(18(13)16)14-4-2-5-15(12-14)21-9-3-11-24(21,22)23/h2,4-8,10,12H,3,9,11H2,1H3. The molecule has 124 valence electrons. The van der Waals surface area contributed by atoms with Gasteiger partial charge < -0.3 is 4.57 Å². The van der Waals surface area contributed by atoms with E-state index in [1.807, 2.05) is 35.9 Å². The summed E-state index contributed by atoms with van der Waals surface area (Å²) in [6.07, 6.45) is 2.46. The topological polar surface area (TPSA) is 42.3 Å². The van der Waals surface area contributed by atoms with Crippen molar-refractivity contribution in [3.63, 3.8) is 0 Å². The number of benzene rings is 2. The molecule has 0 bridgehead atoms. The summed E-state index contributed by atoms with van der Waals surface area (Å²) in [5.74, 6) is -0.0683. The van der Waals surface area contributed by atoms with Gasteiger partial charge in [0.05, 0.1) is 17.0 Å². The monoisotopic (exact) mass is 344 g/mol. The summed E-state index contributed by atoms with van der Waals surface area (Å²) in [4.78, 5) is 0. The molecule has 0 unspecified atom stereocenters. The molecule has 0 aliphatic carbocycles. The molecular weight excluding hydrogens is 327 g/mol. The highest BCUT2D eigenvalue weighted by Gasteiger charge is 2.28. The minimum absolute atomic E-state index is 0.188.